The predicted molar refractivity (Wildman–Crippen MR) is 70.2 cm³/mol. The third-order valence-corrected chi connectivity index (χ3v) is 2.52. The minimum atomic E-state index is -0.122. The Hall–Kier alpha value is -2.43. The van der Waals surface area contributed by atoms with Crippen LogP contribution < -0.4 is 10.6 Å². The third-order valence-electron chi connectivity index (χ3n) is 2.52. The lowest BCUT2D eigenvalue weighted by molar-refractivity contribution is 0.0987. The Kier molecular flexibility index (Phi) is 3.52. The number of pyridine rings is 2. The van der Waals surface area contributed by atoms with Crippen LogP contribution in [0.4, 0.5) is 11.5 Å². The number of aromatic nitrogens is 2. The number of rotatable bonds is 3. The molecule has 0 saturated carbocycles. The van der Waals surface area contributed by atoms with Gasteiger partial charge in [-0.25, -0.2) is 4.98 Å². The molecule has 0 aliphatic heterocycles. The molecule has 2 N–H and O–H groups in total. The van der Waals surface area contributed by atoms with Crippen molar-refractivity contribution < 1.29 is 4.79 Å². The molecule has 0 aliphatic rings. The van der Waals surface area contributed by atoms with Crippen LogP contribution in [0.15, 0.2) is 42.9 Å². The number of carbonyl (C=O) groups excluding carboxylic acids is 1. The topological polar surface area (TPSA) is 72.1 Å². The average molecular weight is 242 g/mol. The highest BCUT2D eigenvalue weighted by Gasteiger charge is 2.16. The van der Waals surface area contributed by atoms with Crippen LogP contribution in [0, 0.1) is 0 Å². The van der Waals surface area contributed by atoms with Gasteiger partial charge in [0.25, 0.3) is 5.91 Å². The van der Waals surface area contributed by atoms with Gasteiger partial charge >= 0.3 is 0 Å². The molecule has 2 rings (SSSR count). The highest BCUT2D eigenvalue weighted by atomic mass is 16.2. The Balaban J connectivity index is 2.29. The lowest BCUT2D eigenvalue weighted by Crippen LogP contribution is -2.31. The molecule has 0 aliphatic carbocycles. The van der Waals surface area contributed by atoms with Crippen molar-refractivity contribution in [3.8, 4) is 0 Å². The van der Waals surface area contributed by atoms with Crippen LogP contribution in [-0.2, 0) is 0 Å². The third kappa shape index (κ3) is 2.45. The summed E-state index contributed by atoms with van der Waals surface area (Å²) in [5, 5.41) is 0. The van der Waals surface area contributed by atoms with Gasteiger partial charge in [0.1, 0.15) is 5.82 Å². The summed E-state index contributed by atoms with van der Waals surface area (Å²) >= 11 is 0. The minimum absolute atomic E-state index is 0.122. The molecule has 2 aromatic heterocycles. The zero-order valence-electron chi connectivity index (χ0n) is 10.1. The summed E-state index contributed by atoms with van der Waals surface area (Å²) in [5.74, 6) is 0.462. The Bertz CT molecular complexity index is 524. The van der Waals surface area contributed by atoms with E-state index in [1.165, 1.54) is 6.20 Å². The van der Waals surface area contributed by atoms with Crippen LogP contribution in [0.1, 0.15) is 17.3 Å². The van der Waals surface area contributed by atoms with Gasteiger partial charge in [0.05, 0.1) is 17.4 Å². The number of anilines is 2. The molecular weight excluding hydrogens is 228 g/mol. The molecule has 0 bridgehead atoms. The van der Waals surface area contributed by atoms with E-state index in [0.717, 1.165) is 0 Å². The first-order chi connectivity index (χ1) is 8.72. The molecule has 92 valence electrons. The molecule has 1 amide bonds. The van der Waals surface area contributed by atoms with E-state index in [2.05, 4.69) is 9.97 Å². The van der Waals surface area contributed by atoms with Crippen LogP contribution in [0.2, 0.25) is 0 Å². The molecule has 5 nitrogen and oxygen atoms in total. The second-order valence-corrected chi connectivity index (χ2v) is 3.74. The molecular formula is C13H14N4O. The van der Waals surface area contributed by atoms with E-state index in [1.807, 2.05) is 6.92 Å². The number of nitrogen functional groups attached to an aromatic ring is 1. The van der Waals surface area contributed by atoms with E-state index in [-0.39, 0.29) is 5.91 Å². The van der Waals surface area contributed by atoms with E-state index in [0.29, 0.717) is 23.6 Å². The fraction of sp³-hybridized carbons (Fsp3) is 0.154. The van der Waals surface area contributed by atoms with Crippen molar-refractivity contribution in [3.63, 3.8) is 0 Å². The maximum atomic E-state index is 12.3. The molecule has 0 radical (unpaired) electrons. The maximum Gasteiger partial charge on any atom is 0.260 e. The number of nitrogens with zero attached hydrogens (tertiary/aromatic N) is 3. The van der Waals surface area contributed by atoms with E-state index in [1.54, 1.807) is 41.6 Å². The molecule has 2 aromatic rings. The van der Waals surface area contributed by atoms with E-state index < -0.39 is 0 Å². The highest BCUT2D eigenvalue weighted by Crippen LogP contribution is 2.15. The SMILES string of the molecule is CCN(C(=O)c1cccnc1)c1ccc(N)cn1. The molecule has 5 heteroatoms. The first-order valence-electron chi connectivity index (χ1n) is 5.65. The molecule has 0 atom stereocenters. The molecule has 0 saturated heterocycles. The van der Waals surface area contributed by atoms with Crippen molar-refractivity contribution in [2.24, 2.45) is 0 Å². The number of nitrogens with two attached hydrogens (primary N) is 1. The first-order valence-corrected chi connectivity index (χ1v) is 5.65. The summed E-state index contributed by atoms with van der Waals surface area (Å²) in [6.07, 6.45) is 4.71. The number of carbonyl (C=O) groups is 1. The van der Waals surface area contributed by atoms with Crippen molar-refractivity contribution in [2.75, 3.05) is 17.2 Å². The first kappa shape index (κ1) is 12.0. The summed E-state index contributed by atoms with van der Waals surface area (Å²) < 4.78 is 0. The maximum absolute atomic E-state index is 12.3. The molecule has 18 heavy (non-hydrogen) atoms. The van der Waals surface area contributed by atoms with Crippen molar-refractivity contribution in [1.82, 2.24) is 9.97 Å². The van der Waals surface area contributed by atoms with Gasteiger partial charge in [0, 0.05) is 18.9 Å². The van der Waals surface area contributed by atoms with Crippen molar-refractivity contribution in [3.05, 3.63) is 48.4 Å². The number of hydrogen-bond donors (Lipinski definition) is 1. The summed E-state index contributed by atoms with van der Waals surface area (Å²) in [6.45, 7) is 2.43. The fourth-order valence-electron chi connectivity index (χ4n) is 1.61. The lowest BCUT2D eigenvalue weighted by atomic mass is 10.2. The van der Waals surface area contributed by atoms with Gasteiger partial charge < -0.3 is 5.73 Å². The molecule has 0 spiro atoms. The Labute approximate surface area is 105 Å². The zero-order valence-corrected chi connectivity index (χ0v) is 10.1. The predicted octanol–water partition coefficient (Wildman–Crippen LogP) is 1.73. The van der Waals surface area contributed by atoms with E-state index in [4.69, 9.17) is 5.73 Å². The average Bonchev–Trinajstić information content (AvgIpc) is 2.42. The van der Waals surface area contributed by atoms with Gasteiger partial charge in [-0.15, -0.1) is 0 Å². The Morgan fingerprint density at radius 1 is 1.33 bits per heavy atom. The normalized spacial score (nSPS) is 10.1. The molecule has 0 aromatic carbocycles. The second kappa shape index (κ2) is 5.27. The van der Waals surface area contributed by atoms with Crippen molar-refractivity contribution in [2.45, 2.75) is 6.92 Å². The zero-order chi connectivity index (χ0) is 13.0. The minimum Gasteiger partial charge on any atom is -0.397 e. The quantitative estimate of drug-likeness (QED) is 0.889. The summed E-state index contributed by atoms with van der Waals surface area (Å²) in [5.41, 5.74) is 6.69. The molecule has 2 heterocycles. The lowest BCUT2D eigenvalue weighted by Gasteiger charge is -2.19. The Morgan fingerprint density at radius 2 is 2.17 bits per heavy atom. The van der Waals surface area contributed by atoms with Crippen LogP contribution in [0.3, 0.4) is 0 Å². The van der Waals surface area contributed by atoms with Gasteiger partial charge in [-0.3, -0.25) is 14.7 Å². The highest BCUT2D eigenvalue weighted by molar-refractivity contribution is 6.05. The van der Waals surface area contributed by atoms with Crippen LogP contribution in [0.5, 0.6) is 0 Å². The second-order valence-electron chi connectivity index (χ2n) is 3.74. The molecule has 0 unspecified atom stereocenters. The smallest absolute Gasteiger partial charge is 0.260 e. The standard InChI is InChI=1S/C13H14N4O/c1-2-17(12-6-5-11(14)9-16-12)13(18)10-4-3-7-15-8-10/h3-9H,2,14H2,1H3. The van der Waals surface area contributed by atoms with Gasteiger partial charge in [-0.1, -0.05) is 0 Å². The van der Waals surface area contributed by atoms with Gasteiger partial charge in [0.15, 0.2) is 0 Å². The number of hydrogen-bond acceptors (Lipinski definition) is 4. The van der Waals surface area contributed by atoms with Crippen molar-refractivity contribution in [1.29, 1.82) is 0 Å². The largest absolute Gasteiger partial charge is 0.397 e. The number of amides is 1. The van der Waals surface area contributed by atoms with Crippen LogP contribution >= 0.6 is 0 Å². The monoisotopic (exact) mass is 242 g/mol. The Morgan fingerprint density at radius 3 is 2.72 bits per heavy atom. The van der Waals surface area contributed by atoms with Crippen LogP contribution in [0.25, 0.3) is 0 Å². The van der Waals surface area contributed by atoms with Gasteiger partial charge in [0.2, 0.25) is 0 Å². The fourth-order valence-corrected chi connectivity index (χ4v) is 1.61. The van der Waals surface area contributed by atoms with E-state index in [9.17, 15) is 4.79 Å². The summed E-state index contributed by atoms with van der Waals surface area (Å²) in [4.78, 5) is 22.0. The molecule has 0 fully saturated rings. The van der Waals surface area contributed by atoms with E-state index >= 15 is 0 Å². The summed E-state index contributed by atoms with van der Waals surface area (Å²) in [7, 11) is 0. The van der Waals surface area contributed by atoms with Gasteiger partial charge in [-0.05, 0) is 31.2 Å². The summed E-state index contributed by atoms with van der Waals surface area (Å²) in [6, 6.07) is 6.92. The van der Waals surface area contributed by atoms with Crippen LogP contribution in [-0.4, -0.2) is 22.4 Å². The van der Waals surface area contributed by atoms with Gasteiger partial charge in [-0.2, -0.15) is 0 Å². The van der Waals surface area contributed by atoms with Crippen molar-refractivity contribution >= 4 is 17.4 Å².